The highest BCUT2D eigenvalue weighted by Gasteiger charge is 2.20. The third-order valence-electron chi connectivity index (χ3n) is 3.68. The van der Waals surface area contributed by atoms with Gasteiger partial charge in [0.1, 0.15) is 5.58 Å². The van der Waals surface area contributed by atoms with E-state index in [1.165, 1.54) is 18.5 Å². The van der Waals surface area contributed by atoms with E-state index in [2.05, 4.69) is 4.98 Å². The molecule has 0 spiro atoms. The number of aryl methyl sites for hydroxylation is 1. The van der Waals surface area contributed by atoms with Gasteiger partial charge in [-0.3, -0.25) is 9.78 Å². The zero-order valence-corrected chi connectivity index (χ0v) is 14.0. The lowest BCUT2D eigenvalue weighted by Crippen LogP contribution is -2.05. The van der Waals surface area contributed by atoms with Crippen molar-refractivity contribution in [3.05, 3.63) is 63.1 Å². The van der Waals surface area contributed by atoms with Crippen LogP contribution in [0.1, 0.15) is 32.0 Å². The molecule has 0 aliphatic heterocycles. The van der Waals surface area contributed by atoms with Gasteiger partial charge < -0.3 is 9.52 Å². The van der Waals surface area contributed by atoms with Crippen molar-refractivity contribution >= 4 is 45.9 Å². The minimum Gasteiger partial charge on any atom is -0.475 e. The van der Waals surface area contributed by atoms with E-state index in [0.29, 0.717) is 32.1 Å². The second-order valence-electron chi connectivity index (χ2n) is 5.27. The number of hydrogen-bond donors (Lipinski definition) is 1. The molecule has 24 heavy (non-hydrogen) atoms. The van der Waals surface area contributed by atoms with E-state index in [9.17, 15) is 9.59 Å². The van der Waals surface area contributed by atoms with Crippen LogP contribution in [0.25, 0.3) is 11.0 Å². The molecule has 3 rings (SSSR count). The Morgan fingerprint density at radius 2 is 1.88 bits per heavy atom. The third kappa shape index (κ3) is 2.88. The first-order chi connectivity index (χ1) is 11.4. The molecular weight excluding hydrogens is 353 g/mol. The molecule has 0 saturated carbocycles. The molecule has 0 saturated heterocycles. The molecule has 1 N–H and O–H groups in total. The molecule has 0 unspecified atom stereocenters. The van der Waals surface area contributed by atoms with E-state index in [1.807, 2.05) is 0 Å². The molecule has 1 aromatic carbocycles. The molecule has 2 aromatic heterocycles. The quantitative estimate of drug-likeness (QED) is 0.686. The van der Waals surface area contributed by atoms with E-state index in [-0.39, 0.29) is 18.0 Å². The van der Waals surface area contributed by atoms with Gasteiger partial charge in [-0.2, -0.15) is 0 Å². The van der Waals surface area contributed by atoms with Crippen LogP contribution in [0.2, 0.25) is 10.0 Å². The maximum Gasteiger partial charge on any atom is 0.371 e. The van der Waals surface area contributed by atoms with E-state index in [4.69, 9.17) is 32.7 Å². The Balaban J connectivity index is 2.07. The number of benzene rings is 1. The smallest absolute Gasteiger partial charge is 0.371 e. The van der Waals surface area contributed by atoms with Gasteiger partial charge in [0.25, 0.3) is 0 Å². The Hall–Kier alpha value is -2.37. The van der Waals surface area contributed by atoms with Crippen molar-refractivity contribution in [2.75, 3.05) is 0 Å². The predicted molar refractivity (Wildman–Crippen MR) is 90.2 cm³/mol. The first-order valence-corrected chi connectivity index (χ1v) is 7.71. The highest BCUT2D eigenvalue weighted by Crippen LogP contribution is 2.29. The highest BCUT2D eigenvalue weighted by atomic mass is 35.5. The summed E-state index contributed by atoms with van der Waals surface area (Å²) in [6.07, 6.45) is 2.81. The topological polar surface area (TPSA) is 80.4 Å². The molecule has 2 heterocycles. The normalized spacial score (nSPS) is 11.0. The van der Waals surface area contributed by atoms with Gasteiger partial charge >= 0.3 is 5.97 Å². The monoisotopic (exact) mass is 363 g/mol. The first-order valence-electron chi connectivity index (χ1n) is 6.96. The zero-order valence-electron chi connectivity index (χ0n) is 12.5. The number of nitrogens with zero attached hydrogens (tertiary/aromatic N) is 1. The van der Waals surface area contributed by atoms with Gasteiger partial charge in [-0.25, -0.2) is 4.79 Å². The fourth-order valence-corrected chi connectivity index (χ4v) is 2.97. The fourth-order valence-electron chi connectivity index (χ4n) is 2.47. The zero-order chi connectivity index (χ0) is 17.4. The fraction of sp³-hybridized carbons (Fsp3) is 0.118. The van der Waals surface area contributed by atoms with Gasteiger partial charge in [0, 0.05) is 41.4 Å². The number of pyridine rings is 1. The van der Waals surface area contributed by atoms with Gasteiger partial charge in [-0.05, 0) is 12.5 Å². The molecule has 0 fully saturated rings. The van der Waals surface area contributed by atoms with Crippen LogP contribution in [0.15, 0.2) is 35.0 Å². The molecule has 0 aliphatic rings. The van der Waals surface area contributed by atoms with Crippen LogP contribution >= 0.6 is 23.2 Å². The maximum atomic E-state index is 12.7. The molecule has 0 atom stereocenters. The van der Waals surface area contributed by atoms with Crippen molar-refractivity contribution < 1.29 is 19.1 Å². The summed E-state index contributed by atoms with van der Waals surface area (Å²) < 4.78 is 5.33. The van der Waals surface area contributed by atoms with E-state index in [1.54, 1.807) is 19.1 Å². The van der Waals surface area contributed by atoms with E-state index >= 15 is 0 Å². The van der Waals surface area contributed by atoms with Gasteiger partial charge in [0.2, 0.25) is 5.76 Å². The molecule has 7 heteroatoms. The molecule has 5 nitrogen and oxygen atoms in total. The summed E-state index contributed by atoms with van der Waals surface area (Å²) >= 11 is 12.1. The second kappa shape index (κ2) is 6.26. The summed E-state index contributed by atoms with van der Waals surface area (Å²) in [5.41, 5.74) is 1.96. The minimum atomic E-state index is -1.19. The van der Waals surface area contributed by atoms with Gasteiger partial charge in [-0.1, -0.05) is 35.3 Å². The van der Waals surface area contributed by atoms with Crippen molar-refractivity contribution in [3.63, 3.8) is 0 Å². The molecular formula is C17H11Cl2NO4. The predicted octanol–water partition coefficient (Wildman–Crippen LogP) is 4.57. The van der Waals surface area contributed by atoms with Crippen LogP contribution in [-0.2, 0) is 6.42 Å². The average Bonchev–Trinajstić information content (AvgIpc) is 2.97. The van der Waals surface area contributed by atoms with Gasteiger partial charge in [-0.15, -0.1) is 0 Å². The molecule has 0 aliphatic carbocycles. The molecule has 122 valence electrons. The molecule has 0 amide bonds. The third-order valence-corrected chi connectivity index (χ3v) is 4.33. The SMILES string of the molecule is Cc1ccc(C(=O)Cc2c(Cl)cncc2Cl)c2cc(C(=O)O)oc12. The number of aromatic nitrogens is 1. The number of carboxylic acid groups (broad SMARTS) is 1. The summed E-state index contributed by atoms with van der Waals surface area (Å²) in [5, 5.41) is 10.2. The van der Waals surface area contributed by atoms with Crippen molar-refractivity contribution in [1.29, 1.82) is 0 Å². The number of carbonyl (C=O) groups is 2. The number of rotatable bonds is 4. The number of carbonyl (C=O) groups excluding carboxylic acids is 1. The summed E-state index contributed by atoms with van der Waals surface area (Å²) in [7, 11) is 0. The Bertz CT molecular complexity index is 958. The largest absolute Gasteiger partial charge is 0.475 e. The molecule has 3 aromatic rings. The first kappa shape index (κ1) is 16.5. The van der Waals surface area contributed by atoms with Crippen molar-refractivity contribution in [2.24, 2.45) is 0 Å². The van der Waals surface area contributed by atoms with Crippen molar-refractivity contribution in [1.82, 2.24) is 4.98 Å². The number of Topliss-reactive ketones (excluding diaryl/α,β-unsaturated/α-hetero) is 1. The Morgan fingerprint density at radius 1 is 1.21 bits per heavy atom. The van der Waals surface area contributed by atoms with Crippen LogP contribution in [0.4, 0.5) is 0 Å². The number of furan rings is 1. The number of aromatic carboxylic acids is 1. The Labute approximate surface area is 146 Å². The summed E-state index contributed by atoms with van der Waals surface area (Å²) in [6, 6.07) is 4.71. The number of halogens is 2. The second-order valence-corrected chi connectivity index (χ2v) is 6.08. The number of fused-ring (bicyclic) bond motifs is 1. The summed E-state index contributed by atoms with van der Waals surface area (Å²) in [6.45, 7) is 1.78. The van der Waals surface area contributed by atoms with Crippen LogP contribution in [0.5, 0.6) is 0 Å². The maximum absolute atomic E-state index is 12.7. The number of hydrogen-bond acceptors (Lipinski definition) is 4. The van der Waals surface area contributed by atoms with Crippen LogP contribution in [-0.4, -0.2) is 21.8 Å². The van der Waals surface area contributed by atoms with Crippen LogP contribution in [0, 0.1) is 6.92 Å². The molecule has 0 bridgehead atoms. The van der Waals surface area contributed by atoms with Crippen LogP contribution < -0.4 is 0 Å². The molecule has 0 radical (unpaired) electrons. The lowest BCUT2D eigenvalue weighted by Gasteiger charge is -2.07. The standard InChI is InChI=1S/C17H11Cl2NO4/c1-8-2-3-9(10-5-15(17(22)23)24-16(8)10)14(21)4-11-12(18)6-20-7-13(11)19/h2-3,5-7H,4H2,1H3,(H,22,23). The highest BCUT2D eigenvalue weighted by molar-refractivity contribution is 6.36. The lowest BCUT2D eigenvalue weighted by atomic mass is 9.99. The Morgan fingerprint density at radius 3 is 2.50 bits per heavy atom. The number of ketones is 1. The van der Waals surface area contributed by atoms with Crippen molar-refractivity contribution in [3.8, 4) is 0 Å². The lowest BCUT2D eigenvalue weighted by molar-refractivity contribution is 0.0664. The van der Waals surface area contributed by atoms with Crippen molar-refractivity contribution in [2.45, 2.75) is 13.3 Å². The van der Waals surface area contributed by atoms with E-state index in [0.717, 1.165) is 5.56 Å². The van der Waals surface area contributed by atoms with E-state index < -0.39 is 5.97 Å². The minimum absolute atomic E-state index is 0.0219. The number of carboxylic acids is 1. The summed E-state index contributed by atoms with van der Waals surface area (Å²) in [5.74, 6) is -1.65. The average molecular weight is 364 g/mol. The Kier molecular flexibility index (Phi) is 4.30. The van der Waals surface area contributed by atoms with Gasteiger partial charge in [0.15, 0.2) is 5.78 Å². The van der Waals surface area contributed by atoms with Gasteiger partial charge in [0.05, 0.1) is 10.0 Å². The van der Waals surface area contributed by atoms with Crippen LogP contribution in [0.3, 0.4) is 0 Å². The summed E-state index contributed by atoms with van der Waals surface area (Å²) in [4.78, 5) is 27.7.